The lowest BCUT2D eigenvalue weighted by Crippen LogP contribution is -1.91. The minimum Gasteiger partial charge on any atom is -0.507 e. The van der Waals surface area contributed by atoms with Gasteiger partial charge in [-0.1, -0.05) is 24.3 Å². The largest absolute Gasteiger partial charge is 0.507 e. The summed E-state index contributed by atoms with van der Waals surface area (Å²) in [4.78, 5) is 4.35. The molecule has 2 aromatic rings. The predicted molar refractivity (Wildman–Crippen MR) is 71.3 cm³/mol. The summed E-state index contributed by atoms with van der Waals surface area (Å²) in [6.45, 7) is 4.01. The number of aryl methyl sites for hydroxylation is 1. The van der Waals surface area contributed by atoms with E-state index in [1.807, 2.05) is 50.2 Å². The Bertz CT molecular complexity index is 544. The van der Waals surface area contributed by atoms with E-state index in [-0.39, 0.29) is 5.75 Å². The van der Waals surface area contributed by atoms with E-state index in [0.717, 1.165) is 22.4 Å². The van der Waals surface area contributed by atoms with Crippen molar-refractivity contribution in [1.82, 2.24) is 0 Å². The van der Waals surface area contributed by atoms with Crippen molar-refractivity contribution < 1.29 is 5.11 Å². The Morgan fingerprint density at radius 3 is 2.41 bits per heavy atom. The van der Waals surface area contributed by atoms with Gasteiger partial charge in [-0.3, -0.25) is 4.99 Å². The normalized spacial score (nSPS) is 10.9. The van der Waals surface area contributed by atoms with E-state index in [0.29, 0.717) is 0 Å². The van der Waals surface area contributed by atoms with Crippen LogP contribution in [0.3, 0.4) is 0 Å². The van der Waals surface area contributed by atoms with Crippen molar-refractivity contribution in [3.05, 3.63) is 59.2 Å². The van der Waals surface area contributed by atoms with Gasteiger partial charge in [-0.2, -0.15) is 0 Å². The second-order valence-electron chi connectivity index (χ2n) is 4.03. The molecule has 0 aliphatic rings. The smallest absolute Gasteiger partial charge is 0.124 e. The number of aliphatic imine (C=N–C) groups is 1. The fourth-order valence-corrected chi connectivity index (χ4v) is 1.64. The Labute approximate surface area is 101 Å². The number of rotatable bonds is 2. The first kappa shape index (κ1) is 11.4. The van der Waals surface area contributed by atoms with Crippen molar-refractivity contribution in [1.29, 1.82) is 0 Å². The number of para-hydroxylation sites is 1. The molecular formula is C15H15NO. The molecule has 0 unspecified atom stereocenters. The molecular weight excluding hydrogens is 210 g/mol. The van der Waals surface area contributed by atoms with Gasteiger partial charge in [-0.15, -0.1) is 0 Å². The van der Waals surface area contributed by atoms with Gasteiger partial charge in [0.25, 0.3) is 0 Å². The summed E-state index contributed by atoms with van der Waals surface area (Å²) in [5.74, 6) is 0.271. The number of phenols is 1. The van der Waals surface area contributed by atoms with Crippen molar-refractivity contribution in [3.8, 4) is 5.75 Å². The van der Waals surface area contributed by atoms with Crippen molar-refractivity contribution in [2.45, 2.75) is 13.8 Å². The van der Waals surface area contributed by atoms with Crippen molar-refractivity contribution in [2.24, 2.45) is 4.99 Å². The van der Waals surface area contributed by atoms with E-state index < -0.39 is 0 Å². The molecule has 0 aliphatic heterocycles. The molecule has 0 fully saturated rings. The van der Waals surface area contributed by atoms with Gasteiger partial charge >= 0.3 is 0 Å². The molecule has 0 spiro atoms. The third-order valence-corrected chi connectivity index (χ3v) is 2.86. The highest BCUT2D eigenvalue weighted by molar-refractivity contribution is 5.87. The maximum Gasteiger partial charge on any atom is 0.124 e. The third kappa shape index (κ3) is 2.53. The molecule has 2 rings (SSSR count). The average molecular weight is 225 g/mol. The van der Waals surface area contributed by atoms with Crippen LogP contribution in [0.2, 0.25) is 0 Å². The topological polar surface area (TPSA) is 32.6 Å². The summed E-state index contributed by atoms with van der Waals surface area (Å²) in [5, 5.41) is 9.80. The molecule has 86 valence electrons. The van der Waals surface area contributed by atoms with Crippen LogP contribution in [0.25, 0.3) is 0 Å². The SMILES string of the molecule is Cc1ccc(O)c(C=Nc2ccccc2)c1C. The van der Waals surface area contributed by atoms with Crippen LogP contribution in [-0.2, 0) is 0 Å². The maximum absolute atomic E-state index is 9.80. The van der Waals surface area contributed by atoms with Crippen LogP contribution in [0.1, 0.15) is 16.7 Å². The van der Waals surface area contributed by atoms with Crippen molar-refractivity contribution >= 4 is 11.9 Å². The first-order valence-corrected chi connectivity index (χ1v) is 5.57. The Morgan fingerprint density at radius 1 is 1.00 bits per heavy atom. The first-order chi connectivity index (χ1) is 8.18. The minimum atomic E-state index is 0.271. The zero-order valence-corrected chi connectivity index (χ0v) is 10.0. The monoisotopic (exact) mass is 225 g/mol. The fraction of sp³-hybridized carbons (Fsp3) is 0.133. The standard InChI is InChI=1S/C15H15NO/c1-11-8-9-15(17)14(12(11)2)10-16-13-6-4-3-5-7-13/h3-10,17H,1-2H3. The molecule has 2 heteroatoms. The lowest BCUT2D eigenvalue weighted by atomic mass is 10.0. The molecule has 0 bridgehead atoms. The maximum atomic E-state index is 9.80. The van der Waals surface area contributed by atoms with E-state index in [1.54, 1.807) is 12.3 Å². The van der Waals surface area contributed by atoms with E-state index in [4.69, 9.17) is 0 Å². The molecule has 1 N–H and O–H groups in total. The van der Waals surface area contributed by atoms with Gasteiger partial charge in [0.2, 0.25) is 0 Å². The summed E-state index contributed by atoms with van der Waals surface area (Å²) in [7, 11) is 0. The number of aromatic hydroxyl groups is 1. The molecule has 0 saturated carbocycles. The van der Waals surface area contributed by atoms with Gasteiger partial charge in [0.05, 0.1) is 5.69 Å². The zero-order valence-electron chi connectivity index (χ0n) is 10.0. The van der Waals surface area contributed by atoms with Gasteiger partial charge in [0, 0.05) is 11.8 Å². The average Bonchev–Trinajstić information content (AvgIpc) is 2.35. The summed E-state index contributed by atoms with van der Waals surface area (Å²) >= 11 is 0. The first-order valence-electron chi connectivity index (χ1n) is 5.57. The van der Waals surface area contributed by atoms with Crippen LogP contribution < -0.4 is 0 Å². The molecule has 0 saturated heterocycles. The highest BCUT2D eigenvalue weighted by Crippen LogP contribution is 2.22. The number of benzene rings is 2. The Hall–Kier alpha value is -2.09. The lowest BCUT2D eigenvalue weighted by molar-refractivity contribution is 0.474. The highest BCUT2D eigenvalue weighted by atomic mass is 16.3. The molecule has 0 heterocycles. The summed E-state index contributed by atoms with van der Waals surface area (Å²) in [6.07, 6.45) is 1.72. The zero-order chi connectivity index (χ0) is 12.3. The van der Waals surface area contributed by atoms with E-state index >= 15 is 0 Å². The Balaban J connectivity index is 2.37. The van der Waals surface area contributed by atoms with Crippen molar-refractivity contribution in [2.75, 3.05) is 0 Å². The van der Waals surface area contributed by atoms with E-state index in [9.17, 15) is 5.11 Å². The van der Waals surface area contributed by atoms with Gasteiger partial charge in [-0.25, -0.2) is 0 Å². The second kappa shape index (κ2) is 4.83. The Kier molecular flexibility index (Phi) is 3.24. The predicted octanol–water partition coefficient (Wildman–Crippen LogP) is 3.76. The molecule has 0 radical (unpaired) electrons. The lowest BCUT2D eigenvalue weighted by Gasteiger charge is -2.06. The number of hydrogen-bond donors (Lipinski definition) is 1. The van der Waals surface area contributed by atoms with E-state index in [2.05, 4.69) is 4.99 Å². The molecule has 2 aromatic carbocycles. The van der Waals surface area contributed by atoms with Gasteiger partial charge in [0.15, 0.2) is 0 Å². The van der Waals surface area contributed by atoms with Crippen LogP contribution in [0, 0.1) is 13.8 Å². The van der Waals surface area contributed by atoms with Gasteiger partial charge in [0.1, 0.15) is 5.75 Å². The van der Waals surface area contributed by atoms with Crippen LogP contribution >= 0.6 is 0 Å². The summed E-state index contributed by atoms with van der Waals surface area (Å²) in [5.41, 5.74) is 3.88. The molecule has 0 aromatic heterocycles. The third-order valence-electron chi connectivity index (χ3n) is 2.86. The molecule has 17 heavy (non-hydrogen) atoms. The van der Waals surface area contributed by atoms with Gasteiger partial charge < -0.3 is 5.11 Å². The van der Waals surface area contributed by atoms with Crippen LogP contribution in [0.5, 0.6) is 5.75 Å². The molecule has 0 amide bonds. The van der Waals surface area contributed by atoms with E-state index in [1.165, 1.54) is 0 Å². The Morgan fingerprint density at radius 2 is 1.71 bits per heavy atom. The second-order valence-corrected chi connectivity index (χ2v) is 4.03. The highest BCUT2D eigenvalue weighted by Gasteiger charge is 2.04. The number of nitrogens with zero attached hydrogens (tertiary/aromatic N) is 1. The fourth-order valence-electron chi connectivity index (χ4n) is 1.64. The van der Waals surface area contributed by atoms with Crippen LogP contribution in [-0.4, -0.2) is 11.3 Å². The molecule has 0 atom stereocenters. The molecule has 0 aliphatic carbocycles. The van der Waals surface area contributed by atoms with Crippen LogP contribution in [0.4, 0.5) is 5.69 Å². The summed E-state index contributed by atoms with van der Waals surface area (Å²) < 4.78 is 0. The minimum absolute atomic E-state index is 0.271. The van der Waals surface area contributed by atoms with Gasteiger partial charge in [-0.05, 0) is 43.2 Å². The van der Waals surface area contributed by atoms with Crippen LogP contribution in [0.15, 0.2) is 47.5 Å². The van der Waals surface area contributed by atoms with Crippen molar-refractivity contribution in [3.63, 3.8) is 0 Å². The molecule has 2 nitrogen and oxygen atoms in total. The number of hydrogen-bond acceptors (Lipinski definition) is 2. The quantitative estimate of drug-likeness (QED) is 0.775. The number of phenolic OH excluding ortho intramolecular Hbond substituents is 1. The summed E-state index contributed by atoms with van der Waals surface area (Å²) in [6, 6.07) is 13.3.